The smallest absolute Gasteiger partial charge is 0.251 e. The van der Waals surface area contributed by atoms with Crippen LogP contribution in [0.1, 0.15) is 66.4 Å². The highest BCUT2D eigenvalue weighted by molar-refractivity contribution is 6.31. The largest absolute Gasteiger partial charge is 0.382 e. The summed E-state index contributed by atoms with van der Waals surface area (Å²) in [5, 5.41) is -0.0324. The number of ether oxygens (including phenoxy) is 2. The molecule has 7 nitrogen and oxygen atoms in total. The molecule has 3 aromatic rings. The van der Waals surface area contributed by atoms with Crippen molar-refractivity contribution in [2.24, 2.45) is 5.73 Å². The number of hydrogen-bond acceptors (Lipinski definition) is 5. The Hall–Kier alpha value is -3.33. The third kappa shape index (κ3) is 6.13. The van der Waals surface area contributed by atoms with E-state index < -0.39 is 29.4 Å². The molecule has 0 fully saturated rings. The number of fused-ring (bicyclic) bond motifs is 3. The second kappa shape index (κ2) is 11.8. The summed E-state index contributed by atoms with van der Waals surface area (Å²) in [6, 6.07) is 10.2. The molecular formula is C30H32ClFN2O5. The Labute approximate surface area is 231 Å². The first-order valence-electron chi connectivity index (χ1n) is 12.8. The second-order valence-electron chi connectivity index (χ2n) is 10.1. The number of rotatable bonds is 8. The van der Waals surface area contributed by atoms with Gasteiger partial charge in [0, 0.05) is 48.9 Å². The van der Waals surface area contributed by atoms with E-state index in [1.807, 2.05) is 20.8 Å². The first kappa shape index (κ1) is 28.7. The number of Topliss-reactive ketones (excluding diaryl/α,β-unsaturated/α-hetero) is 1. The number of methoxy groups -OCH3 is 1. The van der Waals surface area contributed by atoms with Gasteiger partial charge in [-0.2, -0.15) is 0 Å². The molecule has 2 aromatic carbocycles. The molecule has 1 aromatic heterocycles. The first-order chi connectivity index (χ1) is 18.5. The third-order valence-electron chi connectivity index (χ3n) is 7.23. The van der Waals surface area contributed by atoms with Gasteiger partial charge in [0.05, 0.1) is 29.4 Å². The molecule has 2 heterocycles. The van der Waals surface area contributed by atoms with Crippen molar-refractivity contribution in [1.29, 1.82) is 0 Å². The van der Waals surface area contributed by atoms with Gasteiger partial charge in [-0.05, 0) is 62.1 Å². The maximum absolute atomic E-state index is 15.4. The van der Waals surface area contributed by atoms with Gasteiger partial charge in [0.25, 0.3) is 5.56 Å². The molecule has 0 radical (unpaired) electrons. The number of halogens is 2. The maximum Gasteiger partial charge on any atom is 0.251 e. The molecule has 0 saturated heterocycles. The van der Waals surface area contributed by atoms with Gasteiger partial charge in [0.1, 0.15) is 5.82 Å². The summed E-state index contributed by atoms with van der Waals surface area (Å²) in [6.45, 7) is 5.57. The van der Waals surface area contributed by atoms with E-state index >= 15 is 4.39 Å². The van der Waals surface area contributed by atoms with Crippen LogP contribution in [0.15, 0.2) is 53.5 Å². The molecule has 1 aliphatic heterocycles. The van der Waals surface area contributed by atoms with Gasteiger partial charge in [-0.3, -0.25) is 14.4 Å². The van der Waals surface area contributed by atoms with E-state index in [0.29, 0.717) is 34.2 Å². The van der Waals surface area contributed by atoms with Gasteiger partial charge in [-0.1, -0.05) is 29.8 Å². The summed E-state index contributed by atoms with van der Waals surface area (Å²) in [7, 11) is 1.54. The molecule has 4 rings (SSSR count). The fourth-order valence-corrected chi connectivity index (χ4v) is 5.25. The van der Waals surface area contributed by atoms with Crippen LogP contribution < -0.4 is 11.3 Å². The van der Waals surface area contributed by atoms with Gasteiger partial charge in [-0.15, -0.1) is 0 Å². The van der Waals surface area contributed by atoms with Crippen molar-refractivity contribution in [2.45, 2.75) is 64.4 Å². The first-order valence-corrected chi connectivity index (χ1v) is 13.2. The number of nitrogens with zero attached hydrogens (tertiary/aromatic N) is 1. The lowest BCUT2D eigenvalue weighted by atomic mass is 9.89. The van der Waals surface area contributed by atoms with Gasteiger partial charge in [-0.25, -0.2) is 4.39 Å². The van der Waals surface area contributed by atoms with Crippen molar-refractivity contribution in [1.82, 2.24) is 4.57 Å². The standard InChI is InChI=1S/C30H32ClFN2O5/c1-16(38-4)12-25(26(35)13-19-5-7-20(8-6-19)30(33)37)34-15-23-18(3)39-17(2)11-21-9-10-24(31)29(32)28(21)22(23)14-27(34)36/h5-10,14-18,25H,11-13H2,1-4H3,(H2,33,37)/t16-,17+,18-,25-/m0/s1. The van der Waals surface area contributed by atoms with E-state index in [0.717, 1.165) is 0 Å². The molecule has 0 unspecified atom stereocenters. The fourth-order valence-electron chi connectivity index (χ4n) is 5.10. The van der Waals surface area contributed by atoms with Crippen LogP contribution in [-0.2, 0) is 27.1 Å². The molecule has 4 atom stereocenters. The maximum atomic E-state index is 15.4. The van der Waals surface area contributed by atoms with Crippen LogP contribution in [0.25, 0.3) is 11.1 Å². The van der Waals surface area contributed by atoms with Gasteiger partial charge < -0.3 is 19.8 Å². The zero-order chi connectivity index (χ0) is 28.4. The lowest BCUT2D eigenvalue weighted by Gasteiger charge is -2.29. The highest BCUT2D eigenvalue weighted by Crippen LogP contribution is 2.39. The number of benzene rings is 2. The van der Waals surface area contributed by atoms with Crippen LogP contribution in [0.4, 0.5) is 4.39 Å². The Morgan fingerprint density at radius 1 is 1.21 bits per heavy atom. The summed E-state index contributed by atoms with van der Waals surface area (Å²) in [6.07, 6.45) is 1.31. The minimum absolute atomic E-state index is 0.0276. The van der Waals surface area contributed by atoms with E-state index in [2.05, 4.69) is 0 Å². The normalized spacial score (nSPS) is 18.3. The average Bonchev–Trinajstić information content (AvgIpc) is 2.89. The lowest BCUT2D eigenvalue weighted by molar-refractivity contribution is -0.122. The molecule has 9 heteroatoms. The third-order valence-corrected chi connectivity index (χ3v) is 7.52. The number of nitrogens with two attached hydrogens (primary N) is 1. The molecule has 0 spiro atoms. The number of primary amides is 1. The number of carbonyl (C=O) groups excluding carboxylic acids is 2. The van der Waals surface area contributed by atoms with Crippen LogP contribution in [-0.4, -0.2) is 35.6 Å². The van der Waals surface area contributed by atoms with Crippen molar-refractivity contribution in [3.8, 4) is 11.1 Å². The van der Waals surface area contributed by atoms with E-state index in [-0.39, 0.29) is 41.4 Å². The number of ketones is 1. The summed E-state index contributed by atoms with van der Waals surface area (Å²) in [5.41, 5.74) is 7.84. The monoisotopic (exact) mass is 554 g/mol. The zero-order valence-corrected chi connectivity index (χ0v) is 23.1. The Bertz CT molecular complexity index is 1450. The molecule has 206 valence electrons. The molecule has 1 amide bonds. The number of pyridine rings is 1. The molecule has 2 N–H and O–H groups in total. The van der Waals surface area contributed by atoms with Crippen LogP contribution in [0, 0.1) is 5.82 Å². The molecule has 1 aliphatic rings. The quantitative estimate of drug-likeness (QED) is 0.412. The number of carbonyl (C=O) groups is 2. The minimum Gasteiger partial charge on any atom is -0.382 e. The van der Waals surface area contributed by atoms with Crippen molar-refractivity contribution in [2.75, 3.05) is 7.11 Å². The van der Waals surface area contributed by atoms with Crippen molar-refractivity contribution in [3.05, 3.63) is 92.1 Å². The fraction of sp³-hybridized carbons (Fsp3) is 0.367. The second-order valence-corrected chi connectivity index (χ2v) is 10.5. The highest BCUT2D eigenvalue weighted by Gasteiger charge is 2.30. The molecule has 39 heavy (non-hydrogen) atoms. The summed E-state index contributed by atoms with van der Waals surface area (Å²) in [5.74, 6) is -1.36. The summed E-state index contributed by atoms with van der Waals surface area (Å²) in [4.78, 5) is 38.6. The van der Waals surface area contributed by atoms with Gasteiger partial charge >= 0.3 is 0 Å². The molecule has 0 bridgehead atoms. The van der Waals surface area contributed by atoms with Crippen molar-refractivity contribution in [3.63, 3.8) is 0 Å². The lowest BCUT2D eigenvalue weighted by Crippen LogP contribution is -2.34. The Balaban J connectivity index is 1.82. The van der Waals surface area contributed by atoms with Gasteiger partial charge in [0.2, 0.25) is 5.91 Å². The van der Waals surface area contributed by atoms with Crippen molar-refractivity contribution < 1.29 is 23.5 Å². The van der Waals surface area contributed by atoms with Gasteiger partial charge in [0.15, 0.2) is 5.78 Å². The summed E-state index contributed by atoms with van der Waals surface area (Å²) < 4.78 is 28.4. The molecule has 0 aliphatic carbocycles. The SMILES string of the molecule is CO[C@@H](C)C[C@@H](C(=O)Cc1ccc(C(N)=O)cc1)n1cc2c(cc1=O)-c1c(ccc(Cl)c1F)C[C@@H](C)O[C@H]2C. The number of aromatic nitrogens is 1. The zero-order valence-electron chi connectivity index (χ0n) is 22.4. The van der Waals surface area contributed by atoms with Crippen molar-refractivity contribution >= 4 is 23.3 Å². The van der Waals surface area contributed by atoms with E-state index in [9.17, 15) is 14.4 Å². The van der Waals surface area contributed by atoms with Crippen LogP contribution in [0.2, 0.25) is 5.02 Å². The predicted octanol–water partition coefficient (Wildman–Crippen LogP) is 5.21. The van der Waals surface area contributed by atoms with Crippen LogP contribution in [0.3, 0.4) is 0 Å². The predicted molar refractivity (Wildman–Crippen MR) is 148 cm³/mol. The minimum atomic E-state index is -0.854. The number of hydrogen-bond donors (Lipinski definition) is 1. The summed E-state index contributed by atoms with van der Waals surface area (Å²) >= 11 is 6.15. The van der Waals surface area contributed by atoms with E-state index in [1.54, 1.807) is 43.6 Å². The Morgan fingerprint density at radius 3 is 2.54 bits per heavy atom. The highest BCUT2D eigenvalue weighted by atomic mass is 35.5. The molecular weight excluding hydrogens is 523 g/mol. The number of amides is 1. The van der Waals surface area contributed by atoms with E-state index in [4.69, 9.17) is 26.8 Å². The average molecular weight is 555 g/mol. The Kier molecular flexibility index (Phi) is 8.69. The molecule has 0 saturated carbocycles. The van der Waals surface area contributed by atoms with E-state index in [1.165, 1.54) is 16.7 Å². The topological polar surface area (TPSA) is 101 Å². The van der Waals surface area contributed by atoms with Crippen LogP contribution in [0.5, 0.6) is 0 Å². The Morgan fingerprint density at radius 2 is 1.90 bits per heavy atom. The van der Waals surface area contributed by atoms with Crippen LogP contribution >= 0.6 is 11.6 Å².